The van der Waals surface area contributed by atoms with Gasteiger partial charge in [-0.25, -0.2) is 12.8 Å². The largest absolute Gasteiger partial charge is 0.457 e. The minimum atomic E-state index is -3.64. The van der Waals surface area contributed by atoms with Gasteiger partial charge in [0.25, 0.3) is 5.91 Å². The predicted molar refractivity (Wildman–Crippen MR) is 159 cm³/mol. The van der Waals surface area contributed by atoms with E-state index in [-0.39, 0.29) is 24.2 Å². The lowest BCUT2D eigenvalue weighted by atomic mass is 10.0. The first kappa shape index (κ1) is 28.8. The quantitative estimate of drug-likeness (QED) is 0.234. The molecule has 1 unspecified atom stereocenters. The molecule has 216 valence electrons. The lowest BCUT2D eigenvalue weighted by molar-refractivity contribution is 0.0964. The van der Waals surface area contributed by atoms with Crippen LogP contribution in [0.25, 0.3) is 22.3 Å². The Labute approximate surface area is 241 Å². The molecule has 1 atom stereocenters. The molecule has 0 radical (unpaired) electrons. The van der Waals surface area contributed by atoms with Gasteiger partial charge in [0.15, 0.2) is 0 Å². The number of benzene rings is 3. The first-order chi connectivity index (χ1) is 19.5. The summed E-state index contributed by atoms with van der Waals surface area (Å²) < 4.78 is 64.1. The molecule has 1 aliphatic carbocycles. The summed E-state index contributed by atoms with van der Waals surface area (Å²) in [6.07, 6.45) is 5.04. The van der Waals surface area contributed by atoms with Crippen LogP contribution in [0.5, 0.6) is 11.5 Å². The maximum absolute atomic E-state index is 13.2. The Balaban J connectivity index is 1.58. The zero-order chi connectivity index (χ0) is 29.3. The summed E-state index contributed by atoms with van der Waals surface area (Å²) in [5.41, 5.74) is 2.75. The van der Waals surface area contributed by atoms with E-state index >= 15 is 0 Å². The zero-order valence-corrected chi connectivity index (χ0v) is 24.6. The number of amides is 1. The molecule has 8 nitrogen and oxygen atoms in total. The summed E-state index contributed by atoms with van der Waals surface area (Å²) in [5, 5.41) is 3.29. The average Bonchev–Trinajstić information content (AvgIpc) is 3.71. The number of anilines is 1. The van der Waals surface area contributed by atoms with Gasteiger partial charge in [-0.15, -0.1) is 0 Å². The van der Waals surface area contributed by atoms with Crippen LogP contribution in [0, 0.1) is 5.82 Å². The van der Waals surface area contributed by atoms with Gasteiger partial charge in [0, 0.05) is 53.4 Å². The number of sulfonamides is 1. The molecule has 41 heavy (non-hydrogen) atoms. The second-order valence-electron chi connectivity index (χ2n) is 10.1. The molecule has 1 fully saturated rings. The molecule has 11 heteroatoms. The molecule has 3 aromatic carbocycles. The topological polar surface area (TPSA) is 106 Å². The fourth-order valence-corrected chi connectivity index (χ4v) is 6.34. The van der Waals surface area contributed by atoms with Gasteiger partial charge in [0.2, 0.25) is 10.0 Å². The van der Waals surface area contributed by atoms with Gasteiger partial charge in [-0.05, 0) is 85.3 Å². The molecule has 5 rings (SSSR count). The molecule has 0 saturated heterocycles. The number of rotatable bonds is 11. The van der Waals surface area contributed by atoms with Crippen molar-refractivity contribution in [3.63, 3.8) is 0 Å². The number of furan rings is 1. The Hall–Kier alpha value is -3.70. The van der Waals surface area contributed by atoms with E-state index in [0.29, 0.717) is 57.2 Å². The van der Waals surface area contributed by atoms with Crippen molar-refractivity contribution in [1.82, 2.24) is 5.32 Å². The number of halogens is 1. The second kappa shape index (κ2) is 11.7. The predicted octanol–water partition coefficient (Wildman–Crippen LogP) is 5.80. The maximum atomic E-state index is 13.2. The monoisotopic (exact) mass is 598 g/mol. The van der Waals surface area contributed by atoms with E-state index in [0.717, 1.165) is 24.7 Å². The molecular weight excluding hydrogens is 567 g/mol. The maximum Gasteiger partial charge on any atom is 0.255 e. The van der Waals surface area contributed by atoms with Crippen molar-refractivity contribution in [3.8, 4) is 22.8 Å². The fourth-order valence-electron chi connectivity index (χ4n) is 4.83. The Morgan fingerprint density at radius 2 is 1.73 bits per heavy atom. The van der Waals surface area contributed by atoms with Crippen molar-refractivity contribution in [3.05, 3.63) is 77.6 Å². The molecular formula is C30H31FN2O6S2. The van der Waals surface area contributed by atoms with Crippen LogP contribution < -0.4 is 14.4 Å². The van der Waals surface area contributed by atoms with Crippen LogP contribution in [0.3, 0.4) is 0 Å². The Kier molecular flexibility index (Phi) is 8.19. The van der Waals surface area contributed by atoms with E-state index in [1.54, 1.807) is 43.6 Å². The summed E-state index contributed by atoms with van der Waals surface area (Å²) in [5.74, 6) is 1.23. The number of hydrogen-bond donors (Lipinski definition) is 1. The smallest absolute Gasteiger partial charge is 0.255 e. The van der Waals surface area contributed by atoms with E-state index in [1.807, 2.05) is 6.07 Å². The molecule has 1 amide bonds. The van der Waals surface area contributed by atoms with Gasteiger partial charge in [0.1, 0.15) is 28.7 Å². The fraction of sp³-hybridized carbons (Fsp3) is 0.300. The van der Waals surface area contributed by atoms with Gasteiger partial charge in [-0.2, -0.15) is 0 Å². The molecule has 4 aromatic rings. The normalized spacial score (nSPS) is 14.1. The van der Waals surface area contributed by atoms with E-state index < -0.39 is 20.8 Å². The molecule has 0 bridgehead atoms. The van der Waals surface area contributed by atoms with E-state index in [4.69, 9.17) is 9.15 Å². The highest BCUT2D eigenvalue weighted by Gasteiger charge is 2.33. The molecule has 1 saturated carbocycles. The van der Waals surface area contributed by atoms with Crippen molar-refractivity contribution < 1.29 is 31.0 Å². The van der Waals surface area contributed by atoms with Crippen LogP contribution >= 0.6 is 0 Å². The molecule has 1 N–H and O–H groups in total. The van der Waals surface area contributed by atoms with Crippen LogP contribution in [0.2, 0.25) is 0 Å². The lowest BCUT2D eigenvalue weighted by Gasteiger charge is -2.25. The standard InChI is InChI=1S/C30H31FN2O6S2/c1-32-30(34)28-25-17-24(19-5-6-19)26(33(41(3,36)37)15-4-16-40(2)35)18-27(25)39-29(28)20-7-11-22(12-8-20)38-23-13-9-21(31)10-14-23/h7-14,17-19H,4-6,15-16H2,1-3H3,(H,32,34). The minimum absolute atomic E-state index is 0.178. The second-order valence-corrected chi connectivity index (χ2v) is 13.6. The Bertz CT molecular complexity index is 1710. The van der Waals surface area contributed by atoms with Crippen molar-refractivity contribution in [1.29, 1.82) is 0 Å². The number of hydrogen-bond acceptors (Lipinski definition) is 6. The third kappa shape index (κ3) is 6.46. The minimum Gasteiger partial charge on any atom is -0.457 e. The van der Waals surface area contributed by atoms with Crippen LogP contribution in [-0.4, -0.2) is 50.4 Å². The number of carbonyl (C=O) groups excluding carboxylic acids is 1. The van der Waals surface area contributed by atoms with Crippen LogP contribution in [0.1, 0.15) is 41.1 Å². The van der Waals surface area contributed by atoms with Crippen LogP contribution in [0.4, 0.5) is 10.1 Å². The van der Waals surface area contributed by atoms with E-state index in [2.05, 4.69) is 5.32 Å². The Morgan fingerprint density at radius 1 is 1.10 bits per heavy atom. The highest BCUT2D eigenvalue weighted by Crippen LogP contribution is 2.48. The average molecular weight is 599 g/mol. The van der Waals surface area contributed by atoms with Crippen molar-refractivity contribution in [2.24, 2.45) is 0 Å². The molecule has 1 heterocycles. The first-order valence-electron chi connectivity index (χ1n) is 13.2. The van der Waals surface area contributed by atoms with Crippen molar-refractivity contribution >= 4 is 43.4 Å². The summed E-state index contributed by atoms with van der Waals surface area (Å²) in [4.78, 5) is 13.1. The third-order valence-corrected chi connectivity index (χ3v) is 8.98. The third-order valence-electron chi connectivity index (χ3n) is 6.94. The first-order valence-corrected chi connectivity index (χ1v) is 16.8. The van der Waals surface area contributed by atoms with Crippen LogP contribution in [-0.2, 0) is 20.8 Å². The molecule has 1 aliphatic rings. The van der Waals surface area contributed by atoms with Gasteiger partial charge < -0.3 is 14.5 Å². The van der Waals surface area contributed by atoms with Gasteiger partial charge in [-0.1, -0.05) is 0 Å². The summed E-state index contributed by atoms with van der Waals surface area (Å²) in [6.45, 7) is 0.190. The Morgan fingerprint density at radius 3 is 2.29 bits per heavy atom. The number of nitrogens with one attached hydrogen (secondary N) is 1. The summed E-state index contributed by atoms with van der Waals surface area (Å²) in [7, 11) is -3.14. The zero-order valence-electron chi connectivity index (χ0n) is 23.0. The number of fused-ring (bicyclic) bond motifs is 1. The molecule has 0 aliphatic heterocycles. The van der Waals surface area contributed by atoms with E-state index in [1.165, 1.54) is 28.6 Å². The lowest BCUT2D eigenvalue weighted by Crippen LogP contribution is -2.32. The van der Waals surface area contributed by atoms with Gasteiger partial charge >= 0.3 is 0 Å². The number of nitrogens with zero attached hydrogens (tertiary/aromatic N) is 1. The number of carbonyl (C=O) groups is 1. The van der Waals surface area contributed by atoms with Crippen LogP contribution in [0.15, 0.2) is 65.1 Å². The highest BCUT2D eigenvalue weighted by atomic mass is 32.2. The highest BCUT2D eigenvalue weighted by molar-refractivity contribution is 7.92. The van der Waals surface area contributed by atoms with Crippen molar-refractivity contribution in [2.45, 2.75) is 25.2 Å². The van der Waals surface area contributed by atoms with Gasteiger partial charge in [0.05, 0.1) is 17.5 Å². The SMILES string of the molecule is CNC(=O)c1c(-c2ccc(Oc3ccc(F)cc3)cc2)oc2cc(N(CCCS(C)=O)S(C)(=O)=O)c(C3CC3)cc12. The summed E-state index contributed by atoms with van der Waals surface area (Å²) >= 11 is 0. The summed E-state index contributed by atoms with van der Waals surface area (Å²) in [6, 6.07) is 16.2. The van der Waals surface area contributed by atoms with E-state index in [9.17, 15) is 21.8 Å². The molecule has 1 aromatic heterocycles. The van der Waals surface area contributed by atoms with Gasteiger partial charge in [-0.3, -0.25) is 13.3 Å². The van der Waals surface area contributed by atoms with Crippen molar-refractivity contribution in [2.75, 3.05) is 36.2 Å². The number of ether oxygens (including phenoxy) is 1. The molecule has 0 spiro atoms.